The van der Waals surface area contributed by atoms with Crippen LogP contribution in [-0.4, -0.2) is 76.7 Å². The second kappa shape index (κ2) is 5.95. The Bertz CT molecular complexity index is 292. The average molecular weight is 284 g/mol. The van der Waals surface area contributed by atoms with Crippen LogP contribution in [0.1, 0.15) is 20.8 Å². The molecule has 0 unspecified atom stereocenters. The van der Waals surface area contributed by atoms with Gasteiger partial charge in [-0.3, -0.25) is 9.80 Å². The van der Waals surface area contributed by atoms with E-state index in [0.717, 1.165) is 0 Å². The van der Waals surface area contributed by atoms with Gasteiger partial charge in [0.25, 0.3) is 0 Å². The molecule has 0 amide bonds. The minimum atomic E-state index is -4.56. The van der Waals surface area contributed by atoms with Gasteiger partial charge in [-0.1, -0.05) is 0 Å². The molecule has 1 aliphatic rings. The van der Waals surface area contributed by atoms with Crippen LogP contribution in [0.5, 0.6) is 0 Å². The summed E-state index contributed by atoms with van der Waals surface area (Å²) in [6.07, 6.45) is -6.85. The number of aliphatic hydroxyl groups excluding tert-OH is 1. The van der Waals surface area contributed by atoms with Gasteiger partial charge in [-0.2, -0.15) is 13.2 Å². The molecule has 4 nitrogen and oxygen atoms in total. The van der Waals surface area contributed by atoms with Crippen molar-refractivity contribution in [1.82, 2.24) is 9.80 Å². The van der Waals surface area contributed by atoms with Crippen LogP contribution in [-0.2, 0) is 0 Å². The number of hydrogen-bond donors (Lipinski definition) is 2. The molecule has 2 atom stereocenters. The molecule has 1 heterocycles. The summed E-state index contributed by atoms with van der Waals surface area (Å²) in [6.45, 7) is 6.96. The van der Waals surface area contributed by atoms with Gasteiger partial charge in [-0.05, 0) is 20.8 Å². The largest absolute Gasteiger partial charge is 0.415 e. The molecule has 1 aliphatic heterocycles. The van der Waals surface area contributed by atoms with E-state index in [-0.39, 0.29) is 12.6 Å². The van der Waals surface area contributed by atoms with Gasteiger partial charge in [-0.25, -0.2) is 0 Å². The van der Waals surface area contributed by atoms with E-state index in [9.17, 15) is 18.3 Å². The third-order valence-corrected chi connectivity index (χ3v) is 3.25. The van der Waals surface area contributed by atoms with Crippen LogP contribution >= 0.6 is 0 Å². The Hall–Kier alpha value is -0.370. The van der Waals surface area contributed by atoms with Crippen molar-refractivity contribution in [1.29, 1.82) is 0 Å². The summed E-state index contributed by atoms with van der Waals surface area (Å²) in [5.74, 6) is 0. The second-order valence-electron chi connectivity index (χ2n) is 5.95. The number of aliphatic hydroxyl groups is 2. The second-order valence-corrected chi connectivity index (χ2v) is 5.95. The van der Waals surface area contributed by atoms with Gasteiger partial charge >= 0.3 is 6.18 Å². The summed E-state index contributed by atoms with van der Waals surface area (Å²) in [5.41, 5.74) is -0.818. The monoisotopic (exact) mass is 284 g/mol. The zero-order valence-corrected chi connectivity index (χ0v) is 11.6. The minimum Gasteiger partial charge on any atom is -0.389 e. The van der Waals surface area contributed by atoms with Crippen LogP contribution in [0.15, 0.2) is 0 Å². The fourth-order valence-electron chi connectivity index (χ4n) is 2.32. The van der Waals surface area contributed by atoms with Gasteiger partial charge in [0, 0.05) is 38.8 Å². The lowest BCUT2D eigenvalue weighted by Gasteiger charge is -2.42. The first-order valence-corrected chi connectivity index (χ1v) is 6.42. The summed E-state index contributed by atoms with van der Waals surface area (Å²) in [5, 5.41) is 18.8. The van der Waals surface area contributed by atoms with Crippen LogP contribution in [0.3, 0.4) is 0 Å². The maximum absolute atomic E-state index is 12.3. The zero-order chi connectivity index (χ0) is 14.8. The molecule has 7 heteroatoms. The van der Waals surface area contributed by atoms with Crippen LogP contribution in [0, 0.1) is 0 Å². The molecule has 0 aliphatic carbocycles. The highest BCUT2D eigenvalue weighted by Crippen LogP contribution is 2.22. The van der Waals surface area contributed by atoms with Gasteiger partial charge in [0.2, 0.25) is 0 Å². The van der Waals surface area contributed by atoms with Crippen molar-refractivity contribution in [2.45, 2.75) is 44.7 Å². The predicted molar refractivity (Wildman–Crippen MR) is 65.8 cm³/mol. The van der Waals surface area contributed by atoms with Gasteiger partial charge in [0.15, 0.2) is 6.10 Å². The highest BCUT2D eigenvalue weighted by Gasteiger charge is 2.40. The smallest absolute Gasteiger partial charge is 0.389 e. The van der Waals surface area contributed by atoms with E-state index in [0.29, 0.717) is 26.2 Å². The molecule has 0 radical (unpaired) electrons. The van der Waals surface area contributed by atoms with E-state index in [2.05, 4.69) is 4.90 Å². The van der Waals surface area contributed by atoms with Crippen molar-refractivity contribution in [3.05, 3.63) is 0 Å². The maximum Gasteiger partial charge on any atom is 0.415 e. The predicted octanol–water partition coefficient (Wildman–Crippen LogP) is 0.687. The van der Waals surface area contributed by atoms with Crippen molar-refractivity contribution >= 4 is 0 Å². The number of β-amino-alcohol motifs (C(OH)–C–C–N with tert-alkyl or cyclic N) is 2. The van der Waals surface area contributed by atoms with Gasteiger partial charge in [-0.15, -0.1) is 0 Å². The molecule has 1 rings (SSSR count). The summed E-state index contributed by atoms with van der Waals surface area (Å²) < 4.78 is 36.8. The Balaban J connectivity index is 2.46. The highest BCUT2D eigenvalue weighted by molar-refractivity contribution is 4.84. The summed E-state index contributed by atoms with van der Waals surface area (Å²) >= 11 is 0. The topological polar surface area (TPSA) is 46.9 Å². The average Bonchev–Trinajstić information content (AvgIpc) is 2.19. The van der Waals surface area contributed by atoms with Crippen LogP contribution in [0.25, 0.3) is 0 Å². The van der Waals surface area contributed by atoms with Crippen LogP contribution in [0.4, 0.5) is 13.2 Å². The zero-order valence-electron chi connectivity index (χ0n) is 11.6. The van der Waals surface area contributed by atoms with E-state index in [4.69, 9.17) is 5.11 Å². The fourth-order valence-corrected chi connectivity index (χ4v) is 2.32. The standard InChI is InChI=1S/C12H23F3N2O2/c1-9-6-16(7-10(18)12(13,14)15)4-5-17(9)8-11(2,3)19/h9-10,18-19H,4-8H2,1-3H3/t9-,10+/m0/s1. The Morgan fingerprint density at radius 1 is 1.26 bits per heavy atom. The van der Waals surface area contributed by atoms with E-state index >= 15 is 0 Å². The number of halogens is 3. The Morgan fingerprint density at radius 3 is 2.26 bits per heavy atom. The number of nitrogens with zero attached hydrogens (tertiary/aromatic N) is 2. The third-order valence-electron chi connectivity index (χ3n) is 3.25. The number of hydrogen-bond acceptors (Lipinski definition) is 4. The summed E-state index contributed by atoms with van der Waals surface area (Å²) in [6, 6.07) is 0.0561. The van der Waals surface area contributed by atoms with Crippen molar-refractivity contribution in [2.75, 3.05) is 32.7 Å². The van der Waals surface area contributed by atoms with E-state index in [1.54, 1.807) is 18.7 Å². The van der Waals surface area contributed by atoms with Crippen molar-refractivity contribution in [2.24, 2.45) is 0 Å². The van der Waals surface area contributed by atoms with Crippen molar-refractivity contribution in [3.8, 4) is 0 Å². The number of piperazine rings is 1. The molecular weight excluding hydrogens is 261 g/mol. The molecule has 0 aromatic carbocycles. The van der Waals surface area contributed by atoms with Crippen LogP contribution in [0.2, 0.25) is 0 Å². The molecule has 0 aromatic heterocycles. The van der Waals surface area contributed by atoms with Crippen LogP contribution < -0.4 is 0 Å². The van der Waals surface area contributed by atoms with E-state index in [1.165, 1.54) is 0 Å². The maximum atomic E-state index is 12.3. The minimum absolute atomic E-state index is 0.0561. The van der Waals surface area contributed by atoms with Crippen molar-refractivity contribution in [3.63, 3.8) is 0 Å². The Morgan fingerprint density at radius 2 is 1.84 bits per heavy atom. The normalized spacial score (nSPS) is 25.6. The molecule has 2 N–H and O–H groups in total. The molecule has 0 bridgehead atoms. The molecule has 0 spiro atoms. The van der Waals surface area contributed by atoms with E-state index in [1.807, 2.05) is 6.92 Å². The molecule has 1 saturated heterocycles. The first-order valence-electron chi connectivity index (χ1n) is 6.42. The molecule has 0 saturated carbocycles. The summed E-state index contributed by atoms with van der Waals surface area (Å²) in [7, 11) is 0. The highest BCUT2D eigenvalue weighted by atomic mass is 19.4. The van der Waals surface area contributed by atoms with Gasteiger partial charge in [0.1, 0.15) is 0 Å². The SMILES string of the molecule is C[C@H]1CN(C[C@@H](O)C(F)(F)F)CCN1CC(C)(C)O. The van der Waals surface area contributed by atoms with E-state index < -0.39 is 17.9 Å². The van der Waals surface area contributed by atoms with Gasteiger partial charge < -0.3 is 10.2 Å². The lowest BCUT2D eigenvalue weighted by atomic mass is 10.1. The molecular formula is C12H23F3N2O2. The lowest BCUT2D eigenvalue weighted by Crippen LogP contribution is -2.57. The Kier molecular flexibility index (Phi) is 5.22. The third kappa shape index (κ3) is 5.64. The first kappa shape index (κ1) is 16.7. The first-order chi connectivity index (χ1) is 8.49. The molecule has 0 aromatic rings. The number of alkyl halides is 3. The molecule has 114 valence electrons. The fraction of sp³-hybridized carbons (Fsp3) is 1.00. The lowest BCUT2D eigenvalue weighted by molar-refractivity contribution is -0.209. The summed E-state index contributed by atoms with van der Waals surface area (Å²) in [4.78, 5) is 3.67. The Labute approximate surface area is 111 Å². The van der Waals surface area contributed by atoms with Gasteiger partial charge in [0.05, 0.1) is 5.60 Å². The number of rotatable bonds is 4. The van der Waals surface area contributed by atoms with Crippen molar-refractivity contribution < 1.29 is 23.4 Å². The molecule has 19 heavy (non-hydrogen) atoms. The quantitative estimate of drug-likeness (QED) is 0.797. The molecule has 1 fully saturated rings.